The third-order valence-electron chi connectivity index (χ3n) is 4.33. The molecule has 0 bridgehead atoms. The Morgan fingerprint density at radius 1 is 1.30 bits per heavy atom. The zero-order valence-corrected chi connectivity index (χ0v) is 13.6. The van der Waals surface area contributed by atoms with E-state index < -0.39 is 5.60 Å². The number of halogens is 1. The number of likely N-dealkylation sites (tertiary alicyclic amines) is 1. The molecule has 0 atom stereocenters. The minimum Gasteiger partial charge on any atom is -0.389 e. The quantitative estimate of drug-likeness (QED) is 0.908. The molecule has 5 heteroatoms. The third-order valence-corrected chi connectivity index (χ3v) is 4.76. The number of piperidine rings is 1. The van der Waals surface area contributed by atoms with E-state index in [4.69, 9.17) is 11.6 Å². The summed E-state index contributed by atoms with van der Waals surface area (Å²) in [6.45, 7) is 7.32. The lowest BCUT2D eigenvalue weighted by Crippen LogP contribution is -2.46. The van der Waals surface area contributed by atoms with Crippen LogP contribution in [0.15, 0.2) is 0 Å². The van der Waals surface area contributed by atoms with Crippen LogP contribution in [-0.4, -0.2) is 45.0 Å². The van der Waals surface area contributed by atoms with Crippen molar-refractivity contribution >= 4 is 11.6 Å². The third kappa shape index (κ3) is 3.35. The first-order chi connectivity index (χ1) is 9.49. The van der Waals surface area contributed by atoms with Crippen LogP contribution in [0.25, 0.3) is 0 Å². The zero-order valence-electron chi connectivity index (χ0n) is 12.8. The van der Waals surface area contributed by atoms with Gasteiger partial charge in [0.2, 0.25) is 0 Å². The van der Waals surface area contributed by atoms with Crippen LogP contribution in [-0.2, 0) is 19.9 Å². The molecule has 114 valence electrons. The van der Waals surface area contributed by atoms with E-state index in [0.717, 1.165) is 55.3 Å². The Kier molecular flexibility index (Phi) is 5.10. The summed E-state index contributed by atoms with van der Waals surface area (Å²) in [5.41, 5.74) is 1.26. The first-order valence-corrected chi connectivity index (χ1v) is 8.02. The van der Waals surface area contributed by atoms with Crippen LogP contribution in [0.1, 0.15) is 44.5 Å². The van der Waals surface area contributed by atoms with Gasteiger partial charge in [-0.3, -0.25) is 4.68 Å². The number of hydrogen-bond acceptors (Lipinski definition) is 3. The molecule has 0 aromatic carbocycles. The molecule has 0 unspecified atom stereocenters. The number of aromatic nitrogens is 2. The van der Waals surface area contributed by atoms with Crippen molar-refractivity contribution in [1.82, 2.24) is 14.7 Å². The van der Waals surface area contributed by atoms with Crippen LogP contribution < -0.4 is 0 Å². The number of aliphatic hydroxyl groups is 1. The van der Waals surface area contributed by atoms with Crippen molar-refractivity contribution in [2.75, 3.05) is 19.6 Å². The summed E-state index contributed by atoms with van der Waals surface area (Å²) in [7, 11) is 1.91. The van der Waals surface area contributed by atoms with E-state index in [9.17, 15) is 5.11 Å². The molecular weight excluding hydrogens is 274 g/mol. The van der Waals surface area contributed by atoms with E-state index in [2.05, 4.69) is 23.8 Å². The molecule has 2 heterocycles. The first-order valence-electron chi connectivity index (χ1n) is 7.64. The molecule has 2 rings (SSSR count). The van der Waals surface area contributed by atoms with E-state index in [-0.39, 0.29) is 0 Å². The highest BCUT2D eigenvalue weighted by Gasteiger charge is 2.34. The summed E-state index contributed by atoms with van der Waals surface area (Å²) in [5, 5.41) is 16.0. The molecule has 0 radical (unpaired) electrons. The second kappa shape index (κ2) is 6.46. The predicted molar refractivity (Wildman–Crippen MR) is 82.2 cm³/mol. The second-order valence-electron chi connectivity index (χ2n) is 5.93. The molecule has 1 aliphatic heterocycles. The van der Waals surface area contributed by atoms with Gasteiger partial charge in [0.25, 0.3) is 0 Å². The van der Waals surface area contributed by atoms with Gasteiger partial charge in [-0.05, 0) is 32.2 Å². The molecule has 4 nitrogen and oxygen atoms in total. The fraction of sp³-hybridized carbons (Fsp3) is 0.800. The number of aryl methyl sites for hydroxylation is 2. The highest BCUT2D eigenvalue weighted by atomic mass is 35.5. The fourth-order valence-corrected chi connectivity index (χ4v) is 3.37. The van der Waals surface area contributed by atoms with Crippen molar-refractivity contribution in [2.45, 2.75) is 51.6 Å². The van der Waals surface area contributed by atoms with Crippen LogP contribution in [0.2, 0.25) is 5.02 Å². The molecule has 1 aromatic heterocycles. The maximum atomic E-state index is 10.8. The molecule has 0 amide bonds. The molecule has 0 saturated carbocycles. The Morgan fingerprint density at radius 2 is 1.95 bits per heavy atom. The number of hydrogen-bond donors (Lipinski definition) is 1. The second-order valence-corrected chi connectivity index (χ2v) is 6.31. The van der Waals surface area contributed by atoms with Gasteiger partial charge < -0.3 is 10.0 Å². The first kappa shape index (κ1) is 15.8. The van der Waals surface area contributed by atoms with E-state index in [1.807, 2.05) is 11.7 Å². The lowest BCUT2D eigenvalue weighted by Gasteiger charge is -2.38. The smallest absolute Gasteiger partial charge is 0.0850 e. The van der Waals surface area contributed by atoms with Gasteiger partial charge in [-0.2, -0.15) is 5.10 Å². The zero-order chi connectivity index (χ0) is 14.8. The molecule has 20 heavy (non-hydrogen) atoms. The molecule has 1 saturated heterocycles. The van der Waals surface area contributed by atoms with Gasteiger partial charge in [-0.1, -0.05) is 25.4 Å². The van der Waals surface area contributed by atoms with E-state index in [0.29, 0.717) is 6.42 Å². The molecule has 1 fully saturated rings. The van der Waals surface area contributed by atoms with Crippen molar-refractivity contribution in [3.05, 3.63) is 16.4 Å². The lowest BCUT2D eigenvalue weighted by molar-refractivity contribution is -0.0217. The molecule has 1 aromatic rings. The Labute approximate surface area is 126 Å². The molecular formula is C15H26ClN3O. The number of nitrogens with zero attached hydrogens (tertiary/aromatic N) is 3. The highest BCUT2D eigenvalue weighted by molar-refractivity contribution is 6.31. The van der Waals surface area contributed by atoms with Crippen LogP contribution in [0.3, 0.4) is 0 Å². The predicted octanol–water partition coefficient (Wildman–Crippen LogP) is 2.42. The Bertz CT molecular complexity index is 450. The maximum absolute atomic E-state index is 10.8. The molecule has 1 aliphatic rings. The van der Waals surface area contributed by atoms with Gasteiger partial charge in [0, 0.05) is 26.6 Å². The average Bonchev–Trinajstić information content (AvgIpc) is 2.69. The van der Waals surface area contributed by atoms with Gasteiger partial charge in [0.05, 0.1) is 22.0 Å². The number of rotatable bonds is 5. The summed E-state index contributed by atoms with van der Waals surface area (Å²) < 4.78 is 1.83. The lowest BCUT2D eigenvalue weighted by atomic mass is 9.86. The monoisotopic (exact) mass is 299 g/mol. The van der Waals surface area contributed by atoms with Crippen LogP contribution in [0.5, 0.6) is 0 Å². The molecule has 0 spiro atoms. The Balaban J connectivity index is 2.05. The summed E-state index contributed by atoms with van der Waals surface area (Å²) in [4.78, 5) is 2.43. The van der Waals surface area contributed by atoms with Crippen molar-refractivity contribution in [3.63, 3.8) is 0 Å². The fourth-order valence-electron chi connectivity index (χ4n) is 3.01. The Hall–Kier alpha value is -0.580. The van der Waals surface area contributed by atoms with Gasteiger partial charge in [-0.25, -0.2) is 0 Å². The van der Waals surface area contributed by atoms with Gasteiger partial charge >= 0.3 is 0 Å². The summed E-state index contributed by atoms with van der Waals surface area (Å²) in [5.74, 6) is 0. The maximum Gasteiger partial charge on any atom is 0.0850 e. The van der Waals surface area contributed by atoms with Gasteiger partial charge in [0.1, 0.15) is 0 Å². The Morgan fingerprint density at radius 3 is 2.45 bits per heavy atom. The summed E-state index contributed by atoms with van der Waals surface area (Å²) in [6, 6.07) is 0. The van der Waals surface area contributed by atoms with Crippen LogP contribution in [0.4, 0.5) is 0 Å². The van der Waals surface area contributed by atoms with Crippen molar-refractivity contribution in [3.8, 4) is 0 Å². The van der Waals surface area contributed by atoms with E-state index in [1.165, 1.54) is 6.42 Å². The van der Waals surface area contributed by atoms with Crippen molar-refractivity contribution < 1.29 is 5.11 Å². The topological polar surface area (TPSA) is 41.3 Å². The minimum absolute atomic E-state index is 0.606. The van der Waals surface area contributed by atoms with E-state index >= 15 is 0 Å². The van der Waals surface area contributed by atoms with Crippen LogP contribution in [0, 0.1) is 0 Å². The standard InChI is InChI=1S/C15H26ClN3O/c1-4-8-19-9-6-15(20,7-10-19)11-13-14(16)12(5-2)17-18(13)3/h20H,4-11H2,1-3H3. The normalized spacial score (nSPS) is 19.4. The van der Waals surface area contributed by atoms with Crippen molar-refractivity contribution in [1.29, 1.82) is 0 Å². The molecule has 0 aliphatic carbocycles. The SMILES string of the molecule is CCCN1CCC(O)(Cc2c(Cl)c(CC)nn2C)CC1. The largest absolute Gasteiger partial charge is 0.389 e. The van der Waals surface area contributed by atoms with Crippen LogP contribution >= 0.6 is 11.6 Å². The molecule has 1 N–H and O–H groups in total. The average molecular weight is 300 g/mol. The highest BCUT2D eigenvalue weighted by Crippen LogP contribution is 2.30. The van der Waals surface area contributed by atoms with E-state index in [1.54, 1.807) is 0 Å². The van der Waals surface area contributed by atoms with Gasteiger partial charge in [-0.15, -0.1) is 0 Å². The minimum atomic E-state index is -0.632. The van der Waals surface area contributed by atoms with Gasteiger partial charge in [0.15, 0.2) is 0 Å². The van der Waals surface area contributed by atoms with Crippen molar-refractivity contribution in [2.24, 2.45) is 7.05 Å². The summed E-state index contributed by atoms with van der Waals surface area (Å²) >= 11 is 6.38. The summed E-state index contributed by atoms with van der Waals surface area (Å²) in [6.07, 6.45) is 4.24.